The van der Waals surface area contributed by atoms with E-state index in [1.807, 2.05) is 0 Å². The second-order valence-corrected chi connectivity index (χ2v) is 8.88. The van der Waals surface area contributed by atoms with Crippen molar-refractivity contribution in [2.45, 2.75) is 52.9 Å². The minimum atomic E-state index is 0.336. The Balaban J connectivity index is 1.84. The van der Waals surface area contributed by atoms with Crippen molar-refractivity contribution in [1.82, 2.24) is 0 Å². The van der Waals surface area contributed by atoms with E-state index in [4.69, 9.17) is 0 Å². The molecule has 0 aromatic carbocycles. The molecule has 4 aliphatic carbocycles. The largest absolute Gasteiger partial charge is 0.396 e. The number of rotatable bonds is 2. The van der Waals surface area contributed by atoms with Crippen LogP contribution in [0.4, 0.5) is 0 Å². The minimum absolute atomic E-state index is 0.336. The van der Waals surface area contributed by atoms with Crippen LogP contribution in [0.15, 0.2) is 23.8 Å². The summed E-state index contributed by atoms with van der Waals surface area (Å²) in [5, 5.41) is 9.53. The van der Waals surface area contributed by atoms with Crippen molar-refractivity contribution < 1.29 is 5.11 Å². The van der Waals surface area contributed by atoms with E-state index in [-0.39, 0.29) is 0 Å². The van der Waals surface area contributed by atoms with Crippen molar-refractivity contribution in [3.8, 4) is 0 Å². The Morgan fingerprint density at radius 2 is 2.14 bits per heavy atom. The average Bonchev–Trinajstić information content (AvgIpc) is 3.00. The molecule has 4 aliphatic rings. The molecule has 116 valence electrons. The van der Waals surface area contributed by atoms with Crippen LogP contribution in [-0.4, -0.2) is 11.7 Å². The fraction of sp³-hybridized carbons (Fsp3) is 0.800. The third kappa shape index (κ3) is 1.57. The molecule has 4 rings (SSSR count). The quantitative estimate of drug-likeness (QED) is 0.788. The van der Waals surface area contributed by atoms with Gasteiger partial charge in [0.05, 0.1) is 0 Å². The molecule has 1 heteroatoms. The summed E-state index contributed by atoms with van der Waals surface area (Å²) in [5.41, 5.74) is 3.95. The first kappa shape index (κ1) is 14.1. The van der Waals surface area contributed by atoms with Gasteiger partial charge in [0.1, 0.15) is 0 Å². The van der Waals surface area contributed by atoms with Crippen LogP contribution in [0.25, 0.3) is 0 Å². The van der Waals surface area contributed by atoms with E-state index in [1.54, 1.807) is 5.57 Å². The number of aliphatic hydroxyl groups excluding tert-OH is 1. The normalized spacial score (nSPS) is 50.0. The van der Waals surface area contributed by atoms with E-state index >= 15 is 0 Å². The van der Waals surface area contributed by atoms with Crippen molar-refractivity contribution in [1.29, 1.82) is 0 Å². The smallest absolute Gasteiger partial charge is 0.0436 e. The highest BCUT2D eigenvalue weighted by Crippen LogP contribution is 2.79. The predicted octanol–water partition coefficient (Wildman–Crippen LogP) is 4.58. The number of aliphatic hydroxyl groups is 1. The van der Waals surface area contributed by atoms with Crippen LogP contribution < -0.4 is 0 Å². The molecule has 3 fully saturated rings. The maximum Gasteiger partial charge on any atom is 0.0436 e. The van der Waals surface area contributed by atoms with E-state index in [1.165, 1.54) is 31.3 Å². The Labute approximate surface area is 129 Å². The molecule has 3 saturated carbocycles. The summed E-state index contributed by atoms with van der Waals surface area (Å²) in [4.78, 5) is 0. The SMILES string of the molecule is C=C1C=C2C(CCO)CC3CCCC2(C3C)C2C1C2(C)C. The molecule has 0 saturated heterocycles. The van der Waals surface area contributed by atoms with Gasteiger partial charge in [-0.3, -0.25) is 0 Å². The molecule has 0 aromatic rings. The Morgan fingerprint density at radius 1 is 1.38 bits per heavy atom. The zero-order chi connectivity index (χ0) is 15.0. The fourth-order valence-electron chi connectivity index (χ4n) is 7.04. The molecule has 2 bridgehead atoms. The molecule has 21 heavy (non-hydrogen) atoms. The van der Waals surface area contributed by atoms with E-state index in [0.29, 0.717) is 23.4 Å². The molecule has 6 atom stereocenters. The van der Waals surface area contributed by atoms with Crippen LogP contribution in [0.3, 0.4) is 0 Å². The van der Waals surface area contributed by atoms with Crippen molar-refractivity contribution in [3.05, 3.63) is 23.8 Å². The predicted molar refractivity (Wildman–Crippen MR) is 86.7 cm³/mol. The van der Waals surface area contributed by atoms with E-state index in [2.05, 4.69) is 33.4 Å². The lowest BCUT2D eigenvalue weighted by Gasteiger charge is -2.57. The van der Waals surface area contributed by atoms with Gasteiger partial charge in [0.15, 0.2) is 0 Å². The van der Waals surface area contributed by atoms with E-state index < -0.39 is 0 Å². The summed E-state index contributed by atoms with van der Waals surface area (Å²) in [7, 11) is 0. The molecular formula is C20H30O. The molecule has 0 amide bonds. The maximum atomic E-state index is 9.53. The van der Waals surface area contributed by atoms with Crippen molar-refractivity contribution >= 4 is 0 Å². The second kappa shape index (κ2) is 4.25. The molecule has 0 aromatic heterocycles. The lowest BCUT2D eigenvalue weighted by molar-refractivity contribution is -0.00465. The third-order valence-electron chi connectivity index (χ3n) is 7.85. The Kier molecular flexibility index (Phi) is 2.85. The Morgan fingerprint density at radius 3 is 2.86 bits per heavy atom. The topological polar surface area (TPSA) is 20.2 Å². The van der Waals surface area contributed by atoms with Gasteiger partial charge in [-0.05, 0) is 59.7 Å². The number of hydrogen-bond donors (Lipinski definition) is 1. The lowest BCUT2D eigenvalue weighted by Crippen LogP contribution is -2.49. The summed E-state index contributed by atoms with van der Waals surface area (Å²) in [6, 6.07) is 0. The summed E-state index contributed by atoms with van der Waals surface area (Å²) in [6.07, 6.45) is 8.95. The van der Waals surface area contributed by atoms with Crippen LogP contribution in [0.1, 0.15) is 52.9 Å². The molecular weight excluding hydrogens is 256 g/mol. The standard InChI is InChI=1S/C20H30O/c1-12-10-16-15(7-9-21)11-14-6-5-8-20(16,13(14)2)18-17(12)19(18,3)4/h10,13-15,17-18,21H,1,5-9,11H2,2-4H3. The van der Waals surface area contributed by atoms with Gasteiger partial charge in [-0.15, -0.1) is 0 Å². The zero-order valence-corrected chi connectivity index (χ0v) is 13.9. The van der Waals surface area contributed by atoms with Gasteiger partial charge in [0.2, 0.25) is 0 Å². The van der Waals surface area contributed by atoms with Crippen molar-refractivity contribution in [3.63, 3.8) is 0 Å². The summed E-state index contributed by atoms with van der Waals surface area (Å²) < 4.78 is 0. The summed E-state index contributed by atoms with van der Waals surface area (Å²) >= 11 is 0. The Bertz CT molecular complexity index is 514. The third-order valence-corrected chi connectivity index (χ3v) is 7.85. The molecule has 1 spiro atoms. The van der Waals surface area contributed by atoms with Crippen LogP contribution >= 0.6 is 0 Å². The monoisotopic (exact) mass is 286 g/mol. The molecule has 6 unspecified atom stereocenters. The highest BCUT2D eigenvalue weighted by molar-refractivity contribution is 5.46. The van der Waals surface area contributed by atoms with Gasteiger partial charge >= 0.3 is 0 Å². The van der Waals surface area contributed by atoms with Crippen LogP contribution in [-0.2, 0) is 0 Å². The first-order valence-electron chi connectivity index (χ1n) is 8.96. The van der Waals surface area contributed by atoms with E-state index in [0.717, 1.165) is 30.1 Å². The molecule has 1 N–H and O–H groups in total. The van der Waals surface area contributed by atoms with Crippen molar-refractivity contribution in [2.75, 3.05) is 6.61 Å². The van der Waals surface area contributed by atoms with Crippen LogP contribution in [0, 0.1) is 40.4 Å². The molecule has 0 radical (unpaired) electrons. The maximum absolute atomic E-state index is 9.53. The molecule has 1 nitrogen and oxygen atoms in total. The summed E-state index contributed by atoms with van der Waals surface area (Å²) in [6.45, 7) is 12.2. The number of fused-ring (bicyclic) bond motifs is 2. The highest BCUT2D eigenvalue weighted by Gasteiger charge is 2.72. The van der Waals surface area contributed by atoms with Gasteiger partial charge in [0, 0.05) is 6.61 Å². The first-order chi connectivity index (χ1) is 9.94. The highest BCUT2D eigenvalue weighted by atomic mass is 16.3. The van der Waals surface area contributed by atoms with Crippen LogP contribution in [0.2, 0.25) is 0 Å². The minimum Gasteiger partial charge on any atom is -0.396 e. The number of allylic oxidation sites excluding steroid dienone is 3. The first-order valence-corrected chi connectivity index (χ1v) is 8.96. The zero-order valence-electron chi connectivity index (χ0n) is 13.9. The van der Waals surface area contributed by atoms with Gasteiger partial charge < -0.3 is 5.11 Å². The number of hydrogen-bond acceptors (Lipinski definition) is 1. The van der Waals surface area contributed by atoms with E-state index in [9.17, 15) is 5.11 Å². The Hall–Kier alpha value is -0.560. The average molecular weight is 286 g/mol. The molecule has 0 heterocycles. The summed E-state index contributed by atoms with van der Waals surface area (Å²) in [5.74, 6) is 3.86. The van der Waals surface area contributed by atoms with Gasteiger partial charge in [0.25, 0.3) is 0 Å². The van der Waals surface area contributed by atoms with Gasteiger partial charge in [-0.2, -0.15) is 0 Å². The van der Waals surface area contributed by atoms with Gasteiger partial charge in [-0.1, -0.05) is 57.4 Å². The second-order valence-electron chi connectivity index (χ2n) is 8.88. The molecule has 0 aliphatic heterocycles. The fourth-order valence-corrected chi connectivity index (χ4v) is 7.04. The van der Waals surface area contributed by atoms with Crippen molar-refractivity contribution in [2.24, 2.45) is 40.4 Å². The van der Waals surface area contributed by atoms with Gasteiger partial charge in [-0.25, -0.2) is 0 Å². The van der Waals surface area contributed by atoms with Crippen LogP contribution in [0.5, 0.6) is 0 Å². The lowest BCUT2D eigenvalue weighted by atomic mass is 9.47.